The largest absolute Gasteiger partial charge is 0.351 e. The maximum absolute atomic E-state index is 11.8. The normalized spacial score (nSPS) is 23.5. The van der Waals surface area contributed by atoms with Crippen LogP contribution < -0.4 is 10.6 Å². The molecule has 1 unspecified atom stereocenters. The molecule has 1 amide bonds. The van der Waals surface area contributed by atoms with Gasteiger partial charge in [-0.25, -0.2) is 0 Å². The Kier molecular flexibility index (Phi) is 6.10. The van der Waals surface area contributed by atoms with Crippen molar-refractivity contribution in [1.82, 2.24) is 10.6 Å². The van der Waals surface area contributed by atoms with E-state index in [2.05, 4.69) is 24.5 Å². The first-order valence-corrected chi connectivity index (χ1v) is 7.01. The molecule has 0 aromatic carbocycles. The van der Waals surface area contributed by atoms with Crippen LogP contribution in [-0.2, 0) is 4.79 Å². The van der Waals surface area contributed by atoms with E-state index in [9.17, 15) is 4.79 Å². The van der Waals surface area contributed by atoms with Gasteiger partial charge in [-0.15, -0.1) is 0 Å². The Morgan fingerprint density at radius 2 is 2.40 bits per heavy atom. The van der Waals surface area contributed by atoms with Gasteiger partial charge in [0, 0.05) is 11.8 Å². The molecule has 0 aromatic heterocycles. The molecule has 0 saturated carbocycles. The quantitative estimate of drug-likeness (QED) is 0.750. The molecular formula is C11H22N2OS. The molecule has 1 aliphatic rings. The van der Waals surface area contributed by atoms with Gasteiger partial charge in [0.2, 0.25) is 5.91 Å². The Hall–Kier alpha value is -0.220. The maximum atomic E-state index is 11.8. The minimum atomic E-state index is 0.0489. The van der Waals surface area contributed by atoms with Crippen molar-refractivity contribution < 1.29 is 4.79 Å². The second-order valence-electron chi connectivity index (χ2n) is 4.07. The predicted molar refractivity (Wildman–Crippen MR) is 66.2 cm³/mol. The highest BCUT2D eigenvalue weighted by Gasteiger charge is 2.21. The van der Waals surface area contributed by atoms with Crippen molar-refractivity contribution in [2.24, 2.45) is 0 Å². The Balaban J connectivity index is 2.21. The predicted octanol–water partition coefficient (Wildman–Crippen LogP) is 1.39. The van der Waals surface area contributed by atoms with Crippen LogP contribution in [0.2, 0.25) is 0 Å². The molecule has 15 heavy (non-hydrogen) atoms. The van der Waals surface area contributed by atoms with E-state index >= 15 is 0 Å². The number of carbonyl (C=O) groups excluding carboxylic acids is 1. The van der Waals surface area contributed by atoms with Crippen LogP contribution in [-0.4, -0.2) is 36.0 Å². The fourth-order valence-corrected chi connectivity index (χ4v) is 2.43. The summed E-state index contributed by atoms with van der Waals surface area (Å²) in [7, 11) is 0. The highest BCUT2D eigenvalue weighted by Crippen LogP contribution is 2.08. The van der Waals surface area contributed by atoms with Gasteiger partial charge in [0.25, 0.3) is 0 Å². The number of hydrogen-bond donors (Lipinski definition) is 2. The second-order valence-corrected chi connectivity index (χ2v) is 5.39. The van der Waals surface area contributed by atoms with E-state index in [1.807, 2.05) is 11.8 Å². The van der Waals surface area contributed by atoms with Crippen LogP contribution in [0, 0.1) is 0 Å². The summed E-state index contributed by atoms with van der Waals surface area (Å²) < 4.78 is 0. The van der Waals surface area contributed by atoms with E-state index in [1.54, 1.807) is 0 Å². The SMILES string of the molecule is CCSCC(C)NC(=O)[C@@H]1CCCCN1. The first-order chi connectivity index (χ1) is 7.24. The zero-order chi connectivity index (χ0) is 11.1. The van der Waals surface area contributed by atoms with Crippen LogP contribution in [0.1, 0.15) is 33.1 Å². The Morgan fingerprint density at radius 3 is 3.00 bits per heavy atom. The van der Waals surface area contributed by atoms with Crippen molar-refractivity contribution in [3.63, 3.8) is 0 Å². The first-order valence-electron chi connectivity index (χ1n) is 5.85. The molecule has 3 nitrogen and oxygen atoms in total. The lowest BCUT2D eigenvalue weighted by Crippen LogP contribution is -2.49. The third kappa shape index (κ3) is 4.89. The molecule has 0 aromatic rings. The monoisotopic (exact) mass is 230 g/mol. The molecule has 0 radical (unpaired) electrons. The molecule has 1 fully saturated rings. The van der Waals surface area contributed by atoms with Crippen molar-refractivity contribution in [3.05, 3.63) is 0 Å². The number of hydrogen-bond acceptors (Lipinski definition) is 3. The molecule has 88 valence electrons. The number of thioether (sulfide) groups is 1. The minimum Gasteiger partial charge on any atom is -0.351 e. The number of carbonyl (C=O) groups is 1. The van der Waals surface area contributed by atoms with E-state index in [0.29, 0.717) is 0 Å². The van der Waals surface area contributed by atoms with Gasteiger partial charge >= 0.3 is 0 Å². The number of rotatable bonds is 5. The summed E-state index contributed by atoms with van der Waals surface area (Å²) in [5.74, 6) is 2.30. The lowest BCUT2D eigenvalue weighted by Gasteiger charge is -2.24. The minimum absolute atomic E-state index is 0.0489. The topological polar surface area (TPSA) is 41.1 Å². The van der Waals surface area contributed by atoms with Crippen molar-refractivity contribution >= 4 is 17.7 Å². The molecule has 0 aliphatic carbocycles. The zero-order valence-electron chi connectivity index (χ0n) is 9.71. The average molecular weight is 230 g/mol. The summed E-state index contributed by atoms with van der Waals surface area (Å²) >= 11 is 1.87. The van der Waals surface area contributed by atoms with Gasteiger partial charge < -0.3 is 10.6 Å². The van der Waals surface area contributed by atoms with Gasteiger partial charge in [0.1, 0.15) is 0 Å². The van der Waals surface area contributed by atoms with E-state index in [-0.39, 0.29) is 18.0 Å². The molecule has 1 rings (SSSR count). The Morgan fingerprint density at radius 1 is 1.60 bits per heavy atom. The smallest absolute Gasteiger partial charge is 0.237 e. The van der Waals surface area contributed by atoms with Crippen LogP contribution in [0.25, 0.3) is 0 Å². The number of nitrogens with one attached hydrogen (secondary N) is 2. The van der Waals surface area contributed by atoms with Crippen molar-refractivity contribution in [2.45, 2.75) is 45.2 Å². The van der Waals surface area contributed by atoms with E-state index in [1.165, 1.54) is 12.8 Å². The standard InChI is InChI=1S/C11H22N2OS/c1-3-15-8-9(2)13-11(14)10-6-4-5-7-12-10/h9-10,12H,3-8H2,1-2H3,(H,13,14)/t9?,10-/m0/s1. The summed E-state index contributed by atoms with van der Waals surface area (Å²) in [6.07, 6.45) is 3.35. The highest BCUT2D eigenvalue weighted by atomic mass is 32.2. The molecule has 1 aliphatic heterocycles. The summed E-state index contributed by atoms with van der Waals surface area (Å²) in [6.45, 7) is 5.20. The average Bonchev–Trinajstić information content (AvgIpc) is 2.27. The first kappa shape index (κ1) is 12.8. The third-order valence-electron chi connectivity index (χ3n) is 2.59. The second kappa shape index (κ2) is 7.12. The van der Waals surface area contributed by atoms with E-state index in [4.69, 9.17) is 0 Å². The maximum Gasteiger partial charge on any atom is 0.237 e. The van der Waals surface area contributed by atoms with Crippen molar-refractivity contribution in [2.75, 3.05) is 18.1 Å². The lowest BCUT2D eigenvalue weighted by atomic mass is 10.0. The Bertz CT molecular complexity index is 193. The molecule has 0 spiro atoms. The number of amides is 1. The summed E-state index contributed by atoms with van der Waals surface area (Å²) in [5.41, 5.74) is 0. The summed E-state index contributed by atoms with van der Waals surface area (Å²) in [6, 6.07) is 0.332. The van der Waals surface area contributed by atoms with Gasteiger partial charge in [0.15, 0.2) is 0 Å². The summed E-state index contributed by atoms with van der Waals surface area (Å²) in [4.78, 5) is 11.8. The molecule has 2 atom stereocenters. The fraction of sp³-hybridized carbons (Fsp3) is 0.909. The molecule has 1 heterocycles. The van der Waals surface area contributed by atoms with E-state index < -0.39 is 0 Å². The summed E-state index contributed by atoms with van der Waals surface area (Å²) in [5, 5.41) is 6.32. The zero-order valence-corrected chi connectivity index (χ0v) is 10.5. The van der Waals surface area contributed by atoms with Gasteiger partial charge in [-0.1, -0.05) is 13.3 Å². The van der Waals surface area contributed by atoms with Crippen molar-refractivity contribution in [3.8, 4) is 0 Å². The van der Waals surface area contributed by atoms with Crippen LogP contribution >= 0.6 is 11.8 Å². The van der Waals surface area contributed by atoms with Gasteiger partial charge in [-0.05, 0) is 32.1 Å². The Labute approximate surface area is 96.8 Å². The molecular weight excluding hydrogens is 208 g/mol. The van der Waals surface area contributed by atoms with Crippen LogP contribution in [0.3, 0.4) is 0 Å². The molecule has 0 bridgehead atoms. The van der Waals surface area contributed by atoms with Crippen molar-refractivity contribution in [1.29, 1.82) is 0 Å². The molecule has 4 heteroatoms. The highest BCUT2D eigenvalue weighted by molar-refractivity contribution is 7.99. The number of piperidine rings is 1. The van der Waals surface area contributed by atoms with Crippen LogP contribution in [0.15, 0.2) is 0 Å². The third-order valence-corrected chi connectivity index (χ3v) is 3.73. The fourth-order valence-electron chi connectivity index (χ4n) is 1.76. The van der Waals surface area contributed by atoms with Gasteiger partial charge in [-0.3, -0.25) is 4.79 Å². The molecule has 1 saturated heterocycles. The lowest BCUT2D eigenvalue weighted by molar-refractivity contribution is -0.124. The van der Waals surface area contributed by atoms with Crippen LogP contribution in [0.4, 0.5) is 0 Å². The van der Waals surface area contributed by atoms with E-state index in [0.717, 1.165) is 24.5 Å². The van der Waals surface area contributed by atoms with Gasteiger partial charge in [-0.2, -0.15) is 11.8 Å². The van der Waals surface area contributed by atoms with Crippen LogP contribution in [0.5, 0.6) is 0 Å². The molecule has 2 N–H and O–H groups in total. The van der Waals surface area contributed by atoms with Gasteiger partial charge in [0.05, 0.1) is 6.04 Å².